The van der Waals surface area contributed by atoms with Crippen molar-refractivity contribution >= 4 is 21.8 Å². The lowest BCUT2D eigenvalue weighted by atomic mass is 10.1. The largest absolute Gasteiger partial charge is 0.508 e. The first-order valence-electron chi connectivity index (χ1n) is 6.35. The van der Waals surface area contributed by atoms with E-state index < -0.39 is 0 Å². The average Bonchev–Trinajstić information content (AvgIpc) is 2.47. The van der Waals surface area contributed by atoms with Crippen LogP contribution in [0.1, 0.15) is 34.5 Å². The van der Waals surface area contributed by atoms with Gasteiger partial charge in [0, 0.05) is 10.9 Å². The van der Waals surface area contributed by atoms with Crippen LogP contribution in [-0.2, 0) is 5.33 Å². The van der Waals surface area contributed by atoms with Gasteiger partial charge < -0.3 is 10.4 Å². The number of amides is 1. The maximum Gasteiger partial charge on any atom is 0.251 e. The number of alkyl halides is 1. The van der Waals surface area contributed by atoms with Gasteiger partial charge in [-0.1, -0.05) is 40.2 Å². The first kappa shape index (κ1) is 14.6. The number of hydrogen-bond acceptors (Lipinski definition) is 2. The summed E-state index contributed by atoms with van der Waals surface area (Å²) < 4.78 is 0. The summed E-state index contributed by atoms with van der Waals surface area (Å²) in [5.74, 6) is 0.0761. The Morgan fingerprint density at radius 1 is 1.25 bits per heavy atom. The molecule has 4 heteroatoms. The third kappa shape index (κ3) is 3.61. The normalized spacial score (nSPS) is 11.9. The van der Waals surface area contributed by atoms with Gasteiger partial charge in [-0.3, -0.25) is 4.79 Å². The Bertz CT molecular complexity index is 596. The Kier molecular flexibility index (Phi) is 4.79. The molecule has 20 heavy (non-hydrogen) atoms. The molecule has 0 saturated carbocycles. The Labute approximate surface area is 126 Å². The number of nitrogens with one attached hydrogen (secondary N) is 1. The maximum atomic E-state index is 12.1. The van der Waals surface area contributed by atoms with Gasteiger partial charge in [-0.15, -0.1) is 0 Å². The summed E-state index contributed by atoms with van der Waals surface area (Å²) in [6.07, 6.45) is 0. The van der Waals surface area contributed by atoms with Crippen LogP contribution in [-0.4, -0.2) is 11.0 Å². The van der Waals surface area contributed by atoms with E-state index >= 15 is 0 Å². The van der Waals surface area contributed by atoms with Crippen molar-refractivity contribution in [3.05, 3.63) is 65.2 Å². The minimum absolute atomic E-state index is 0.123. The van der Waals surface area contributed by atoms with Crippen LogP contribution in [0.15, 0.2) is 48.5 Å². The zero-order valence-corrected chi connectivity index (χ0v) is 12.7. The van der Waals surface area contributed by atoms with Crippen LogP contribution in [0.3, 0.4) is 0 Å². The molecule has 2 aromatic carbocycles. The molecular formula is C16H16BrNO2. The lowest BCUT2D eigenvalue weighted by Gasteiger charge is -2.14. The van der Waals surface area contributed by atoms with Gasteiger partial charge in [0.25, 0.3) is 5.91 Å². The number of phenolic OH excluding ortho intramolecular Hbond substituents is 1. The first-order chi connectivity index (χ1) is 9.60. The minimum atomic E-state index is -0.162. The molecule has 1 unspecified atom stereocenters. The van der Waals surface area contributed by atoms with Crippen LogP contribution in [0.2, 0.25) is 0 Å². The van der Waals surface area contributed by atoms with E-state index in [1.807, 2.05) is 25.1 Å². The van der Waals surface area contributed by atoms with Gasteiger partial charge in [0.05, 0.1) is 6.04 Å². The van der Waals surface area contributed by atoms with E-state index in [1.165, 1.54) is 0 Å². The summed E-state index contributed by atoms with van der Waals surface area (Å²) >= 11 is 3.37. The molecule has 2 N–H and O–H groups in total. The fourth-order valence-corrected chi connectivity index (χ4v) is 2.28. The number of carbonyl (C=O) groups excluding carboxylic acids is 1. The highest BCUT2D eigenvalue weighted by molar-refractivity contribution is 9.08. The van der Waals surface area contributed by atoms with E-state index in [-0.39, 0.29) is 17.7 Å². The molecule has 0 radical (unpaired) electrons. The van der Waals surface area contributed by atoms with Gasteiger partial charge in [-0.05, 0) is 42.3 Å². The molecule has 2 rings (SSSR count). The number of carbonyl (C=O) groups is 1. The highest BCUT2D eigenvalue weighted by atomic mass is 79.9. The second-order valence-electron chi connectivity index (χ2n) is 4.62. The zero-order chi connectivity index (χ0) is 14.5. The van der Waals surface area contributed by atoms with E-state index in [9.17, 15) is 9.90 Å². The van der Waals surface area contributed by atoms with E-state index in [0.717, 1.165) is 16.5 Å². The molecule has 0 aliphatic carbocycles. The van der Waals surface area contributed by atoms with Crippen LogP contribution < -0.4 is 5.32 Å². The zero-order valence-electron chi connectivity index (χ0n) is 11.1. The number of benzene rings is 2. The lowest BCUT2D eigenvalue weighted by molar-refractivity contribution is 0.0940. The van der Waals surface area contributed by atoms with Crippen molar-refractivity contribution in [1.82, 2.24) is 5.32 Å². The second-order valence-corrected chi connectivity index (χ2v) is 5.18. The third-order valence-electron chi connectivity index (χ3n) is 3.09. The molecule has 104 valence electrons. The average molecular weight is 334 g/mol. The summed E-state index contributed by atoms with van der Waals surface area (Å²) in [4.78, 5) is 12.1. The van der Waals surface area contributed by atoms with Gasteiger partial charge in [-0.25, -0.2) is 0 Å². The van der Waals surface area contributed by atoms with Crippen molar-refractivity contribution < 1.29 is 9.90 Å². The van der Waals surface area contributed by atoms with Gasteiger partial charge >= 0.3 is 0 Å². The summed E-state index contributed by atoms with van der Waals surface area (Å²) in [5, 5.41) is 13.1. The maximum absolute atomic E-state index is 12.1. The fraction of sp³-hybridized carbons (Fsp3) is 0.188. The molecule has 0 aliphatic rings. The molecule has 0 heterocycles. The molecule has 0 spiro atoms. The Morgan fingerprint density at radius 2 is 1.95 bits per heavy atom. The number of rotatable bonds is 4. The molecule has 0 aliphatic heterocycles. The Balaban J connectivity index is 2.06. The van der Waals surface area contributed by atoms with Crippen molar-refractivity contribution in [3.8, 4) is 5.75 Å². The van der Waals surface area contributed by atoms with E-state index in [4.69, 9.17) is 0 Å². The van der Waals surface area contributed by atoms with E-state index in [0.29, 0.717) is 5.56 Å². The Morgan fingerprint density at radius 3 is 2.55 bits per heavy atom. The minimum Gasteiger partial charge on any atom is -0.508 e. The van der Waals surface area contributed by atoms with Gasteiger partial charge in [-0.2, -0.15) is 0 Å². The molecule has 3 nitrogen and oxygen atoms in total. The topological polar surface area (TPSA) is 49.3 Å². The highest BCUT2D eigenvalue weighted by Crippen LogP contribution is 2.18. The van der Waals surface area contributed by atoms with E-state index in [1.54, 1.807) is 30.3 Å². The Hall–Kier alpha value is -1.81. The van der Waals surface area contributed by atoms with Crippen LogP contribution in [0, 0.1) is 0 Å². The fourth-order valence-electron chi connectivity index (χ4n) is 1.90. The molecule has 1 atom stereocenters. The van der Waals surface area contributed by atoms with Gasteiger partial charge in [0.1, 0.15) is 5.75 Å². The number of aromatic hydroxyl groups is 1. The number of halogens is 1. The summed E-state index contributed by atoms with van der Waals surface area (Å²) in [6.45, 7) is 1.89. The predicted octanol–water partition coefficient (Wildman–Crippen LogP) is 3.78. The van der Waals surface area contributed by atoms with Crippen molar-refractivity contribution in [1.29, 1.82) is 0 Å². The highest BCUT2D eigenvalue weighted by Gasteiger charge is 2.11. The van der Waals surface area contributed by atoms with Gasteiger partial charge in [0.2, 0.25) is 0 Å². The second kappa shape index (κ2) is 6.57. The van der Waals surface area contributed by atoms with Crippen LogP contribution in [0.4, 0.5) is 0 Å². The monoisotopic (exact) mass is 333 g/mol. The molecule has 0 bridgehead atoms. The van der Waals surface area contributed by atoms with Crippen molar-refractivity contribution in [3.63, 3.8) is 0 Å². The molecule has 1 amide bonds. The predicted molar refractivity (Wildman–Crippen MR) is 83.1 cm³/mol. The molecule has 0 fully saturated rings. The summed E-state index contributed by atoms with van der Waals surface area (Å²) in [6, 6.07) is 14.2. The lowest BCUT2D eigenvalue weighted by Crippen LogP contribution is -2.26. The number of hydrogen-bond donors (Lipinski definition) is 2. The smallest absolute Gasteiger partial charge is 0.251 e. The first-order valence-corrected chi connectivity index (χ1v) is 7.47. The molecular weight excluding hydrogens is 318 g/mol. The molecule has 2 aromatic rings. The SMILES string of the molecule is CC(NC(=O)c1ccc(CBr)cc1)c1cccc(O)c1. The summed E-state index contributed by atoms with van der Waals surface area (Å²) in [7, 11) is 0. The van der Waals surface area contributed by atoms with Crippen LogP contribution in [0.5, 0.6) is 5.75 Å². The van der Waals surface area contributed by atoms with Crippen molar-refractivity contribution in [2.45, 2.75) is 18.3 Å². The quantitative estimate of drug-likeness (QED) is 0.836. The van der Waals surface area contributed by atoms with Gasteiger partial charge in [0.15, 0.2) is 0 Å². The summed E-state index contributed by atoms with van der Waals surface area (Å²) in [5.41, 5.74) is 2.62. The standard InChI is InChI=1S/C16H16BrNO2/c1-11(14-3-2-4-15(19)9-14)18-16(20)13-7-5-12(10-17)6-8-13/h2-9,11,19H,10H2,1H3,(H,18,20). The van der Waals surface area contributed by atoms with Crippen LogP contribution in [0.25, 0.3) is 0 Å². The van der Waals surface area contributed by atoms with Crippen molar-refractivity contribution in [2.75, 3.05) is 0 Å². The van der Waals surface area contributed by atoms with Crippen molar-refractivity contribution in [2.24, 2.45) is 0 Å². The van der Waals surface area contributed by atoms with E-state index in [2.05, 4.69) is 21.2 Å². The number of phenols is 1. The van der Waals surface area contributed by atoms with Crippen LogP contribution >= 0.6 is 15.9 Å². The molecule has 0 aromatic heterocycles. The molecule has 0 saturated heterocycles. The third-order valence-corrected chi connectivity index (χ3v) is 3.74.